The van der Waals surface area contributed by atoms with E-state index in [1.54, 1.807) is 18.2 Å². The maximum Gasteiger partial charge on any atom is 0.322 e. The summed E-state index contributed by atoms with van der Waals surface area (Å²) in [5, 5.41) is 8.43. The molecule has 0 atom stereocenters. The Morgan fingerprint density at radius 3 is 2.75 bits per heavy atom. The first kappa shape index (κ1) is 19.4. The standard InChI is InChI=1S/C21H24N4O3/c1-14-9-10-15(2)17(12-14)24-19(26)8-5-11-22-21(28)25-13-20(27)23-16-6-3-4-7-18(16)25/h3-4,6-7,9-10,12H,5,8,11,13H2,1-2H3,(H,22,28)(H,23,27)(H,24,26). The molecule has 2 aromatic carbocycles. The molecule has 0 spiro atoms. The highest BCUT2D eigenvalue weighted by Crippen LogP contribution is 2.28. The van der Waals surface area contributed by atoms with Gasteiger partial charge in [0.15, 0.2) is 0 Å². The molecule has 7 nitrogen and oxygen atoms in total. The number of nitrogens with one attached hydrogen (secondary N) is 3. The minimum Gasteiger partial charge on any atom is -0.338 e. The summed E-state index contributed by atoms with van der Waals surface area (Å²) in [5.74, 6) is -0.326. The number of nitrogens with zero attached hydrogens (tertiary/aromatic N) is 1. The van der Waals surface area contributed by atoms with Crippen molar-refractivity contribution in [3.63, 3.8) is 0 Å². The zero-order valence-electron chi connectivity index (χ0n) is 16.0. The molecule has 3 N–H and O–H groups in total. The van der Waals surface area contributed by atoms with E-state index in [1.807, 2.05) is 38.1 Å². The molecule has 1 aliphatic rings. The molecule has 4 amide bonds. The van der Waals surface area contributed by atoms with E-state index in [-0.39, 0.29) is 24.4 Å². The van der Waals surface area contributed by atoms with Crippen LogP contribution in [-0.2, 0) is 9.59 Å². The van der Waals surface area contributed by atoms with Crippen LogP contribution in [0.1, 0.15) is 24.0 Å². The molecule has 0 saturated heterocycles. The van der Waals surface area contributed by atoms with Crippen LogP contribution in [0.2, 0.25) is 0 Å². The molecule has 1 aliphatic heterocycles. The van der Waals surface area contributed by atoms with E-state index in [4.69, 9.17) is 0 Å². The Morgan fingerprint density at radius 2 is 1.93 bits per heavy atom. The number of benzene rings is 2. The number of para-hydroxylation sites is 2. The van der Waals surface area contributed by atoms with Crippen LogP contribution >= 0.6 is 0 Å². The number of aryl methyl sites for hydroxylation is 2. The second kappa shape index (κ2) is 8.56. The average molecular weight is 380 g/mol. The number of carbonyl (C=O) groups excluding carboxylic acids is 3. The lowest BCUT2D eigenvalue weighted by molar-refractivity contribution is -0.116. The highest BCUT2D eigenvalue weighted by Gasteiger charge is 2.26. The lowest BCUT2D eigenvalue weighted by Gasteiger charge is -2.29. The Bertz CT molecular complexity index is 910. The fraction of sp³-hybridized carbons (Fsp3) is 0.286. The molecule has 0 aliphatic carbocycles. The third-order valence-electron chi connectivity index (χ3n) is 4.54. The van der Waals surface area contributed by atoms with Crippen molar-refractivity contribution < 1.29 is 14.4 Å². The molecule has 3 rings (SSSR count). The average Bonchev–Trinajstić information content (AvgIpc) is 2.67. The molecule has 7 heteroatoms. The molecule has 146 valence electrons. The maximum absolute atomic E-state index is 12.5. The van der Waals surface area contributed by atoms with Gasteiger partial charge in [-0.2, -0.15) is 0 Å². The van der Waals surface area contributed by atoms with E-state index in [9.17, 15) is 14.4 Å². The first-order valence-corrected chi connectivity index (χ1v) is 9.25. The Kier molecular flexibility index (Phi) is 5.93. The normalized spacial score (nSPS) is 12.8. The predicted octanol–water partition coefficient (Wildman–Crippen LogP) is 3.19. The van der Waals surface area contributed by atoms with Crippen LogP contribution in [0.3, 0.4) is 0 Å². The smallest absolute Gasteiger partial charge is 0.322 e. The van der Waals surface area contributed by atoms with E-state index in [0.29, 0.717) is 30.8 Å². The van der Waals surface area contributed by atoms with Gasteiger partial charge in [-0.1, -0.05) is 24.3 Å². The maximum atomic E-state index is 12.5. The zero-order valence-corrected chi connectivity index (χ0v) is 16.0. The lowest BCUT2D eigenvalue weighted by Crippen LogP contribution is -2.47. The minimum atomic E-state index is -0.350. The monoisotopic (exact) mass is 380 g/mol. The number of hydrogen-bond donors (Lipinski definition) is 3. The summed E-state index contributed by atoms with van der Waals surface area (Å²) in [6, 6.07) is 12.7. The Balaban J connectivity index is 1.48. The molecule has 2 aromatic rings. The topological polar surface area (TPSA) is 90.5 Å². The summed E-state index contributed by atoms with van der Waals surface area (Å²) >= 11 is 0. The van der Waals surface area contributed by atoms with E-state index in [2.05, 4.69) is 16.0 Å². The zero-order chi connectivity index (χ0) is 20.1. The van der Waals surface area contributed by atoms with E-state index >= 15 is 0 Å². The number of rotatable bonds is 5. The van der Waals surface area contributed by atoms with Gasteiger partial charge < -0.3 is 16.0 Å². The summed E-state index contributed by atoms with van der Waals surface area (Å²) < 4.78 is 0. The lowest BCUT2D eigenvalue weighted by atomic mass is 10.1. The molecular weight excluding hydrogens is 356 g/mol. The van der Waals surface area contributed by atoms with Crippen LogP contribution in [0.4, 0.5) is 21.9 Å². The van der Waals surface area contributed by atoms with Gasteiger partial charge in [0.25, 0.3) is 0 Å². The Morgan fingerprint density at radius 1 is 1.14 bits per heavy atom. The molecule has 0 saturated carbocycles. The van der Waals surface area contributed by atoms with Crippen molar-refractivity contribution in [1.29, 1.82) is 0 Å². The summed E-state index contributed by atoms with van der Waals surface area (Å²) in [7, 11) is 0. The van der Waals surface area contributed by atoms with Crippen LogP contribution in [0, 0.1) is 13.8 Å². The first-order chi connectivity index (χ1) is 13.4. The van der Waals surface area contributed by atoms with Crippen molar-refractivity contribution in [2.24, 2.45) is 0 Å². The minimum absolute atomic E-state index is 0.0318. The quantitative estimate of drug-likeness (QED) is 0.696. The molecule has 1 heterocycles. The second-order valence-corrected chi connectivity index (χ2v) is 6.85. The van der Waals surface area contributed by atoms with Gasteiger partial charge in [-0.25, -0.2) is 4.79 Å². The molecule has 0 unspecified atom stereocenters. The van der Waals surface area contributed by atoms with Gasteiger partial charge in [0.05, 0.1) is 11.4 Å². The van der Waals surface area contributed by atoms with Gasteiger partial charge >= 0.3 is 6.03 Å². The fourth-order valence-corrected chi connectivity index (χ4v) is 3.04. The SMILES string of the molecule is Cc1ccc(C)c(NC(=O)CCCNC(=O)N2CC(=O)Nc3ccccc32)c1. The number of fused-ring (bicyclic) bond motifs is 1. The third kappa shape index (κ3) is 4.68. The number of hydrogen-bond acceptors (Lipinski definition) is 3. The molecule has 0 radical (unpaired) electrons. The number of carbonyl (C=O) groups is 3. The number of amides is 4. The third-order valence-corrected chi connectivity index (χ3v) is 4.54. The Labute approximate surface area is 164 Å². The van der Waals surface area contributed by atoms with E-state index in [1.165, 1.54) is 4.90 Å². The second-order valence-electron chi connectivity index (χ2n) is 6.85. The molecule has 0 fully saturated rings. The molecule has 0 aromatic heterocycles. The van der Waals surface area contributed by atoms with Crippen LogP contribution < -0.4 is 20.9 Å². The summed E-state index contributed by atoms with van der Waals surface area (Å²) in [4.78, 5) is 37.8. The van der Waals surface area contributed by atoms with Crippen LogP contribution in [0.25, 0.3) is 0 Å². The van der Waals surface area contributed by atoms with Gasteiger partial charge in [0, 0.05) is 18.7 Å². The van der Waals surface area contributed by atoms with E-state index in [0.717, 1.165) is 16.8 Å². The fourth-order valence-electron chi connectivity index (χ4n) is 3.04. The number of anilines is 3. The van der Waals surface area contributed by atoms with Gasteiger partial charge in [-0.05, 0) is 49.6 Å². The van der Waals surface area contributed by atoms with Crippen molar-refractivity contribution in [3.8, 4) is 0 Å². The highest BCUT2D eigenvalue weighted by atomic mass is 16.2. The Hall–Kier alpha value is -3.35. The van der Waals surface area contributed by atoms with Gasteiger partial charge in [0.2, 0.25) is 11.8 Å². The molecular formula is C21H24N4O3. The first-order valence-electron chi connectivity index (χ1n) is 9.25. The van der Waals surface area contributed by atoms with Gasteiger partial charge in [-0.15, -0.1) is 0 Å². The van der Waals surface area contributed by atoms with Crippen LogP contribution in [0.5, 0.6) is 0 Å². The van der Waals surface area contributed by atoms with Crippen molar-refractivity contribution in [3.05, 3.63) is 53.6 Å². The van der Waals surface area contributed by atoms with E-state index < -0.39 is 0 Å². The predicted molar refractivity (Wildman–Crippen MR) is 110 cm³/mol. The largest absolute Gasteiger partial charge is 0.338 e. The summed E-state index contributed by atoms with van der Waals surface area (Å²) in [5.41, 5.74) is 4.17. The number of urea groups is 1. The van der Waals surface area contributed by atoms with Gasteiger partial charge in [-0.3, -0.25) is 14.5 Å². The van der Waals surface area contributed by atoms with Crippen molar-refractivity contribution in [1.82, 2.24) is 5.32 Å². The summed E-state index contributed by atoms with van der Waals surface area (Å²) in [6.07, 6.45) is 0.800. The van der Waals surface area contributed by atoms with Crippen LogP contribution in [-0.4, -0.2) is 30.9 Å². The van der Waals surface area contributed by atoms with Gasteiger partial charge in [0.1, 0.15) is 6.54 Å². The molecule has 0 bridgehead atoms. The van der Waals surface area contributed by atoms with Crippen molar-refractivity contribution in [2.45, 2.75) is 26.7 Å². The van der Waals surface area contributed by atoms with Crippen molar-refractivity contribution in [2.75, 3.05) is 28.6 Å². The van der Waals surface area contributed by atoms with Crippen LogP contribution in [0.15, 0.2) is 42.5 Å². The highest BCUT2D eigenvalue weighted by molar-refractivity contribution is 6.09. The molecule has 28 heavy (non-hydrogen) atoms. The van der Waals surface area contributed by atoms with Crippen molar-refractivity contribution >= 4 is 34.9 Å². The summed E-state index contributed by atoms with van der Waals surface area (Å²) in [6.45, 7) is 4.24.